The van der Waals surface area contributed by atoms with Gasteiger partial charge in [0.1, 0.15) is 0 Å². The van der Waals surface area contributed by atoms with E-state index in [2.05, 4.69) is 43.5 Å². The number of carbonyl (C=O) groups excluding carboxylic acids is 2. The summed E-state index contributed by atoms with van der Waals surface area (Å²) in [7, 11) is 0. The van der Waals surface area contributed by atoms with Crippen molar-refractivity contribution in [3.63, 3.8) is 0 Å². The predicted octanol–water partition coefficient (Wildman–Crippen LogP) is 22.7. The highest BCUT2D eigenvalue weighted by atomic mass is 16.5. The van der Waals surface area contributed by atoms with E-state index in [4.69, 9.17) is 4.74 Å². The number of nitrogens with one attached hydrogen (secondary N) is 1. The second-order valence-electron chi connectivity index (χ2n) is 24.2. The molecule has 0 bridgehead atoms. The number of hydrogen-bond acceptors (Lipinski definition) is 5. The molecule has 0 aliphatic carbocycles. The van der Waals surface area contributed by atoms with Crippen LogP contribution in [0.4, 0.5) is 0 Å². The maximum atomic E-state index is 12.5. The van der Waals surface area contributed by atoms with Gasteiger partial charge in [-0.25, -0.2) is 0 Å². The molecule has 2 unspecified atom stereocenters. The van der Waals surface area contributed by atoms with Crippen molar-refractivity contribution in [3.8, 4) is 0 Å². The molecule has 0 radical (unpaired) electrons. The number of hydrogen-bond donors (Lipinski definition) is 3. The van der Waals surface area contributed by atoms with Crippen LogP contribution in [0.2, 0.25) is 0 Å². The minimum absolute atomic E-state index is 0.000218. The van der Waals surface area contributed by atoms with E-state index in [9.17, 15) is 19.8 Å². The number of amides is 1. The number of rotatable bonds is 66. The molecule has 0 rings (SSSR count). The van der Waals surface area contributed by atoms with Crippen LogP contribution < -0.4 is 5.32 Å². The molecule has 0 spiro atoms. The van der Waals surface area contributed by atoms with Crippen LogP contribution in [0.5, 0.6) is 0 Å². The van der Waals surface area contributed by atoms with Gasteiger partial charge in [-0.1, -0.05) is 352 Å². The van der Waals surface area contributed by atoms with Crippen LogP contribution in [0, 0.1) is 0 Å². The number of aliphatic hydroxyl groups is 2. The Hall–Kier alpha value is -1.92. The lowest BCUT2D eigenvalue weighted by Crippen LogP contribution is -2.45. The van der Waals surface area contributed by atoms with Crippen LogP contribution >= 0.6 is 0 Å². The van der Waals surface area contributed by atoms with Gasteiger partial charge in [0.25, 0.3) is 0 Å². The SMILES string of the molecule is CCCC/C=C\C/C=C\CCCCCCCC(=O)OCCCCCCCCCCCCCCCCCCCCCCCCCC(=O)NC(CO)C(O)/C=C/CCCCCCCCCCCCCCCCCCCCCCCC. The first-order valence-electron chi connectivity index (χ1n) is 35.3. The Morgan fingerprint density at radius 1 is 0.359 bits per heavy atom. The standard InChI is InChI=1S/C72H137NO5/c1-3-5-7-9-11-13-15-17-19-20-21-22-23-25-28-31-34-37-40-44-48-52-56-60-64-70(75)69(68-74)73-71(76)65-61-57-53-49-45-41-38-35-32-29-26-24-27-30-33-36-39-43-47-51-55-59-63-67-78-72(77)66-62-58-54-50-46-42-18-16-14-12-10-8-6-4-2/h10,12,16,18,60,64,69-70,74-75H,3-9,11,13-15,17,19-59,61-63,65-68H2,1-2H3,(H,73,76)/b12-10-,18-16-,64-60+. The van der Waals surface area contributed by atoms with Gasteiger partial charge in [-0.15, -0.1) is 0 Å². The monoisotopic (exact) mass is 1100 g/mol. The number of allylic oxidation sites excluding steroid dienone is 5. The third-order valence-corrected chi connectivity index (χ3v) is 16.4. The van der Waals surface area contributed by atoms with Gasteiger partial charge in [0.2, 0.25) is 5.91 Å². The summed E-state index contributed by atoms with van der Waals surface area (Å²) in [6, 6.07) is -0.629. The third-order valence-electron chi connectivity index (χ3n) is 16.4. The van der Waals surface area contributed by atoms with E-state index < -0.39 is 12.1 Å². The molecule has 0 aromatic carbocycles. The Bertz CT molecular complexity index is 1260. The summed E-state index contributed by atoms with van der Waals surface area (Å²) >= 11 is 0. The predicted molar refractivity (Wildman–Crippen MR) is 343 cm³/mol. The van der Waals surface area contributed by atoms with E-state index in [-0.39, 0.29) is 18.5 Å². The van der Waals surface area contributed by atoms with Crippen molar-refractivity contribution in [1.82, 2.24) is 5.32 Å². The minimum atomic E-state index is -0.846. The molecule has 6 nitrogen and oxygen atoms in total. The number of unbranched alkanes of at least 4 members (excludes halogenated alkanes) is 51. The lowest BCUT2D eigenvalue weighted by Gasteiger charge is -2.20. The number of aliphatic hydroxyl groups excluding tert-OH is 2. The fraction of sp³-hybridized carbons (Fsp3) is 0.889. The van der Waals surface area contributed by atoms with Gasteiger partial charge in [0.15, 0.2) is 0 Å². The van der Waals surface area contributed by atoms with Gasteiger partial charge in [-0.2, -0.15) is 0 Å². The quantitative estimate of drug-likeness (QED) is 0.0320. The summed E-state index contributed by atoms with van der Waals surface area (Å²) in [5, 5.41) is 23.3. The van der Waals surface area contributed by atoms with Crippen molar-refractivity contribution in [2.24, 2.45) is 0 Å². The summed E-state index contributed by atoms with van der Waals surface area (Å²) < 4.78 is 5.48. The fourth-order valence-electron chi connectivity index (χ4n) is 11.0. The zero-order valence-corrected chi connectivity index (χ0v) is 52.7. The molecule has 0 aliphatic heterocycles. The Morgan fingerprint density at radius 3 is 1.01 bits per heavy atom. The first kappa shape index (κ1) is 76.1. The average molecular weight is 1100 g/mol. The largest absolute Gasteiger partial charge is 0.466 e. The van der Waals surface area contributed by atoms with Crippen molar-refractivity contribution in [2.75, 3.05) is 13.2 Å². The van der Waals surface area contributed by atoms with Crippen molar-refractivity contribution < 1.29 is 24.5 Å². The van der Waals surface area contributed by atoms with Crippen LogP contribution in [0.3, 0.4) is 0 Å². The molecule has 1 amide bonds. The third kappa shape index (κ3) is 63.3. The second kappa shape index (κ2) is 67.6. The normalized spacial score (nSPS) is 12.7. The Kier molecular flexibility index (Phi) is 65.9. The maximum Gasteiger partial charge on any atom is 0.305 e. The van der Waals surface area contributed by atoms with Gasteiger partial charge < -0.3 is 20.3 Å². The highest BCUT2D eigenvalue weighted by molar-refractivity contribution is 5.76. The topological polar surface area (TPSA) is 95.9 Å². The van der Waals surface area contributed by atoms with Crippen LogP contribution in [-0.4, -0.2) is 47.4 Å². The summed E-state index contributed by atoms with van der Waals surface area (Å²) in [4.78, 5) is 24.6. The zero-order valence-electron chi connectivity index (χ0n) is 52.7. The average Bonchev–Trinajstić information content (AvgIpc) is 3.44. The molecule has 0 aromatic heterocycles. The summed E-state index contributed by atoms with van der Waals surface area (Å²) in [6.07, 6.45) is 86.5. The fourth-order valence-corrected chi connectivity index (χ4v) is 11.0. The summed E-state index contributed by atoms with van der Waals surface area (Å²) in [6.45, 7) is 4.89. The first-order valence-corrected chi connectivity index (χ1v) is 35.3. The van der Waals surface area contributed by atoms with Crippen molar-refractivity contribution >= 4 is 11.9 Å². The van der Waals surface area contributed by atoms with E-state index in [0.717, 1.165) is 51.4 Å². The molecule has 0 heterocycles. The molecule has 3 N–H and O–H groups in total. The van der Waals surface area contributed by atoms with Crippen molar-refractivity contribution in [2.45, 2.75) is 398 Å². The molecular formula is C72H137NO5. The molecule has 2 atom stereocenters. The first-order chi connectivity index (χ1) is 38.5. The van der Waals surface area contributed by atoms with E-state index in [1.165, 1.54) is 308 Å². The number of carbonyl (C=O) groups is 2. The van der Waals surface area contributed by atoms with E-state index in [0.29, 0.717) is 19.4 Å². The molecule has 0 aromatic rings. The van der Waals surface area contributed by atoms with Gasteiger partial charge in [0, 0.05) is 12.8 Å². The van der Waals surface area contributed by atoms with E-state index >= 15 is 0 Å². The van der Waals surface area contributed by atoms with Gasteiger partial charge in [0.05, 0.1) is 25.4 Å². The van der Waals surface area contributed by atoms with E-state index in [1.54, 1.807) is 6.08 Å². The Morgan fingerprint density at radius 2 is 0.654 bits per heavy atom. The van der Waals surface area contributed by atoms with Gasteiger partial charge in [-0.05, 0) is 57.8 Å². The highest BCUT2D eigenvalue weighted by Crippen LogP contribution is 2.19. The summed E-state index contributed by atoms with van der Waals surface area (Å²) in [5.74, 6) is -0.0638. The van der Waals surface area contributed by atoms with Crippen LogP contribution in [0.15, 0.2) is 36.5 Å². The van der Waals surface area contributed by atoms with Crippen molar-refractivity contribution in [1.29, 1.82) is 0 Å². The number of ether oxygens (including phenoxy) is 1. The van der Waals surface area contributed by atoms with Gasteiger partial charge >= 0.3 is 5.97 Å². The lowest BCUT2D eigenvalue weighted by atomic mass is 10.0. The maximum absolute atomic E-state index is 12.5. The zero-order chi connectivity index (χ0) is 56.4. The van der Waals surface area contributed by atoms with E-state index in [1.807, 2.05) is 6.08 Å². The molecule has 0 fully saturated rings. The number of esters is 1. The van der Waals surface area contributed by atoms with Crippen molar-refractivity contribution in [3.05, 3.63) is 36.5 Å². The Balaban J connectivity index is 3.41. The molecule has 6 heteroatoms. The molecule has 78 heavy (non-hydrogen) atoms. The smallest absolute Gasteiger partial charge is 0.305 e. The minimum Gasteiger partial charge on any atom is -0.466 e. The lowest BCUT2D eigenvalue weighted by molar-refractivity contribution is -0.143. The van der Waals surface area contributed by atoms with Crippen LogP contribution in [0.25, 0.3) is 0 Å². The molecule has 0 saturated heterocycles. The molecular weight excluding hydrogens is 959 g/mol. The van der Waals surface area contributed by atoms with Crippen LogP contribution in [-0.2, 0) is 14.3 Å². The molecule has 460 valence electrons. The van der Waals surface area contributed by atoms with Gasteiger partial charge in [-0.3, -0.25) is 9.59 Å². The second-order valence-corrected chi connectivity index (χ2v) is 24.2. The molecule has 0 aliphatic rings. The highest BCUT2D eigenvalue weighted by Gasteiger charge is 2.18. The molecule has 0 saturated carbocycles. The Labute approximate surface area is 487 Å². The van der Waals surface area contributed by atoms with Crippen LogP contribution in [0.1, 0.15) is 386 Å². The summed E-state index contributed by atoms with van der Waals surface area (Å²) in [5.41, 5.74) is 0.